The Balaban J connectivity index is 1.14. The molecule has 0 bridgehead atoms. The largest absolute Gasteiger partial charge is 0.369 e. The standard InChI is InChI=1S/C30H31ClN4O2/c31-22-7-5-8-23(20-22)34-18-16-33(17-19-34)15-13-32-29(36)27-25-10-3-4-11-26(25)30(37)35-14-12-21-6-1-2-9-24(21)28(27)35/h1-11,20,27-28H,12-19H2,(H,32,36)/t27-,28-/m1/s1. The highest BCUT2D eigenvalue weighted by atomic mass is 35.5. The molecule has 0 aliphatic carbocycles. The number of halogens is 1. The molecule has 2 amide bonds. The van der Waals surface area contributed by atoms with Crippen LogP contribution in [0.3, 0.4) is 0 Å². The molecule has 3 aromatic carbocycles. The van der Waals surface area contributed by atoms with Crippen LogP contribution >= 0.6 is 11.6 Å². The number of benzene rings is 3. The maximum Gasteiger partial charge on any atom is 0.254 e. The lowest BCUT2D eigenvalue weighted by Crippen LogP contribution is -2.51. The Kier molecular flexibility index (Phi) is 6.61. The SMILES string of the molecule is O=C(NCCN1CCN(c2cccc(Cl)c2)CC1)[C@@H]1c2ccccc2C(=O)N2CCc3ccccc3[C@H]12. The summed E-state index contributed by atoms with van der Waals surface area (Å²) in [7, 11) is 0. The third-order valence-corrected chi connectivity index (χ3v) is 8.22. The fourth-order valence-corrected chi connectivity index (χ4v) is 6.29. The van der Waals surface area contributed by atoms with Crippen LogP contribution in [-0.2, 0) is 11.2 Å². The summed E-state index contributed by atoms with van der Waals surface area (Å²) in [6.07, 6.45) is 0.816. The Labute approximate surface area is 222 Å². The number of piperazine rings is 1. The fraction of sp³-hybridized carbons (Fsp3) is 0.333. The minimum atomic E-state index is -0.421. The van der Waals surface area contributed by atoms with Gasteiger partial charge in [-0.3, -0.25) is 14.5 Å². The first-order valence-corrected chi connectivity index (χ1v) is 13.5. The van der Waals surface area contributed by atoms with Crippen molar-refractivity contribution in [2.24, 2.45) is 0 Å². The smallest absolute Gasteiger partial charge is 0.254 e. The average Bonchev–Trinajstić information content (AvgIpc) is 2.93. The van der Waals surface area contributed by atoms with Crippen LogP contribution in [0.4, 0.5) is 5.69 Å². The van der Waals surface area contributed by atoms with Gasteiger partial charge in [-0.25, -0.2) is 0 Å². The van der Waals surface area contributed by atoms with E-state index in [0.29, 0.717) is 18.7 Å². The number of carbonyl (C=O) groups excluding carboxylic acids is 2. The van der Waals surface area contributed by atoms with Crippen LogP contribution in [0.2, 0.25) is 5.02 Å². The number of nitrogens with one attached hydrogen (secondary N) is 1. The van der Waals surface area contributed by atoms with Crippen molar-refractivity contribution in [1.82, 2.24) is 15.1 Å². The van der Waals surface area contributed by atoms with Gasteiger partial charge in [0.05, 0.1) is 12.0 Å². The van der Waals surface area contributed by atoms with Gasteiger partial charge in [0.25, 0.3) is 5.91 Å². The predicted molar refractivity (Wildman–Crippen MR) is 146 cm³/mol. The summed E-state index contributed by atoms with van der Waals surface area (Å²) in [5, 5.41) is 3.98. The van der Waals surface area contributed by atoms with Gasteiger partial charge in [-0.1, -0.05) is 60.1 Å². The number of hydrogen-bond donors (Lipinski definition) is 1. The number of rotatable bonds is 5. The van der Waals surface area contributed by atoms with Crippen LogP contribution in [-0.4, -0.2) is 67.4 Å². The Morgan fingerprint density at radius 3 is 2.46 bits per heavy atom. The highest BCUT2D eigenvalue weighted by Gasteiger charge is 2.46. The Bertz CT molecular complexity index is 1320. The summed E-state index contributed by atoms with van der Waals surface area (Å²) >= 11 is 6.17. The molecule has 37 heavy (non-hydrogen) atoms. The minimum Gasteiger partial charge on any atom is -0.369 e. The molecule has 1 fully saturated rings. The van der Waals surface area contributed by atoms with Gasteiger partial charge >= 0.3 is 0 Å². The van der Waals surface area contributed by atoms with E-state index in [1.807, 2.05) is 59.5 Å². The summed E-state index contributed by atoms with van der Waals surface area (Å²) in [5.74, 6) is -0.407. The normalized spacial score (nSPS) is 21.2. The number of nitrogens with zero attached hydrogens (tertiary/aromatic N) is 3. The van der Waals surface area contributed by atoms with Crippen molar-refractivity contribution in [1.29, 1.82) is 0 Å². The molecule has 3 aliphatic heterocycles. The summed E-state index contributed by atoms with van der Waals surface area (Å²) in [5.41, 5.74) is 4.96. The molecule has 0 spiro atoms. The van der Waals surface area contributed by atoms with Crippen molar-refractivity contribution in [3.63, 3.8) is 0 Å². The molecule has 0 unspecified atom stereocenters. The van der Waals surface area contributed by atoms with Crippen LogP contribution in [0.1, 0.15) is 39.0 Å². The van der Waals surface area contributed by atoms with Crippen LogP contribution in [0.15, 0.2) is 72.8 Å². The van der Waals surface area contributed by atoms with Crippen molar-refractivity contribution in [3.8, 4) is 0 Å². The van der Waals surface area contributed by atoms with Gasteiger partial charge < -0.3 is 15.1 Å². The summed E-state index contributed by atoms with van der Waals surface area (Å²) < 4.78 is 0. The molecule has 190 valence electrons. The molecule has 2 atom stereocenters. The van der Waals surface area contributed by atoms with E-state index < -0.39 is 5.92 Å². The molecule has 3 aliphatic rings. The zero-order valence-electron chi connectivity index (χ0n) is 20.8. The number of fused-ring (bicyclic) bond motifs is 4. The Morgan fingerprint density at radius 1 is 0.892 bits per heavy atom. The summed E-state index contributed by atoms with van der Waals surface area (Å²) in [6, 6.07) is 23.6. The molecule has 1 N–H and O–H groups in total. The Morgan fingerprint density at radius 2 is 1.65 bits per heavy atom. The first kappa shape index (κ1) is 24.0. The monoisotopic (exact) mass is 514 g/mol. The highest BCUT2D eigenvalue weighted by Crippen LogP contribution is 2.45. The van der Waals surface area contributed by atoms with E-state index in [-0.39, 0.29) is 17.9 Å². The first-order valence-electron chi connectivity index (χ1n) is 13.1. The van der Waals surface area contributed by atoms with Gasteiger partial charge in [0.2, 0.25) is 5.91 Å². The van der Waals surface area contributed by atoms with Gasteiger partial charge in [0.15, 0.2) is 0 Å². The molecule has 6 nitrogen and oxygen atoms in total. The lowest BCUT2D eigenvalue weighted by Gasteiger charge is -2.45. The minimum absolute atomic E-state index is 0.00998. The van der Waals surface area contributed by atoms with Crippen LogP contribution in [0, 0.1) is 0 Å². The zero-order chi connectivity index (χ0) is 25.4. The van der Waals surface area contributed by atoms with Crippen LogP contribution < -0.4 is 10.2 Å². The molecule has 6 rings (SSSR count). The second-order valence-electron chi connectivity index (χ2n) is 10.1. The Hall–Kier alpha value is -3.35. The van der Waals surface area contributed by atoms with Crippen LogP contribution in [0.25, 0.3) is 0 Å². The van der Waals surface area contributed by atoms with Crippen molar-refractivity contribution < 1.29 is 9.59 Å². The quantitative estimate of drug-likeness (QED) is 0.556. The van der Waals surface area contributed by atoms with Crippen molar-refractivity contribution >= 4 is 29.1 Å². The van der Waals surface area contributed by atoms with Crippen molar-refractivity contribution in [3.05, 3.63) is 100 Å². The van der Waals surface area contributed by atoms with Crippen molar-refractivity contribution in [2.45, 2.75) is 18.4 Å². The molecule has 1 saturated heterocycles. The molecule has 0 aromatic heterocycles. The van der Waals surface area contributed by atoms with E-state index in [1.54, 1.807) is 0 Å². The number of amides is 2. The van der Waals surface area contributed by atoms with E-state index >= 15 is 0 Å². The van der Waals surface area contributed by atoms with Gasteiger partial charge in [-0.2, -0.15) is 0 Å². The number of carbonyl (C=O) groups is 2. The van der Waals surface area contributed by atoms with E-state index in [2.05, 4.69) is 33.3 Å². The molecule has 0 radical (unpaired) electrons. The third-order valence-electron chi connectivity index (χ3n) is 7.99. The number of hydrogen-bond acceptors (Lipinski definition) is 4. The van der Waals surface area contributed by atoms with E-state index in [4.69, 9.17) is 11.6 Å². The fourth-order valence-electron chi connectivity index (χ4n) is 6.11. The highest BCUT2D eigenvalue weighted by molar-refractivity contribution is 6.30. The predicted octanol–water partition coefficient (Wildman–Crippen LogP) is 4.12. The van der Waals surface area contributed by atoms with E-state index in [0.717, 1.165) is 61.0 Å². The molecule has 3 aromatic rings. The average molecular weight is 515 g/mol. The van der Waals surface area contributed by atoms with Gasteiger partial charge in [-0.15, -0.1) is 0 Å². The third kappa shape index (κ3) is 4.60. The molecule has 0 saturated carbocycles. The molecule has 7 heteroatoms. The van der Waals surface area contributed by atoms with E-state index in [1.165, 1.54) is 5.56 Å². The lowest BCUT2D eigenvalue weighted by atomic mass is 9.76. The topological polar surface area (TPSA) is 55.9 Å². The van der Waals surface area contributed by atoms with Crippen molar-refractivity contribution in [2.75, 3.05) is 50.7 Å². The summed E-state index contributed by atoms with van der Waals surface area (Å²) in [4.78, 5) is 33.8. The van der Waals surface area contributed by atoms with Gasteiger partial charge in [-0.05, 0) is 47.4 Å². The first-order chi connectivity index (χ1) is 18.1. The van der Waals surface area contributed by atoms with Crippen LogP contribution in [0.5, 0.6) is 0 Å². The van der Waals surface area contributed by atoms with E-state index in [9.17, 15) is 9.59 Å². The zero-order valence-corrected chi connectivity index (χ0v) is 21.5. The molecular weight excluding hydrogens is 484 g/mol. The lowest BCUT2D eigenvalue weighted by molar-refractivity contribution is -0.124. The number of anilines is 1. The summed E-state index contributed by atoms with van der Waals surface area (Å²) in [6.45, 7) is 5.75. The van der Waals surface area contributed by atoms with Gasteiger partial charge in [0.1, 0.15) is 0 Å². The maximum absolute atomic E-state index is 13.8. The maximum atomic E-state index is 13.8. The second kappa shape index (κ2) is 10.2. The molecule has 3 heterocycles. The molecular formula is C30H31ClN4O2. The second-order valence-corrected chi connectivity index (χ2v) is 10.5. The van der Waals surface area contributed by atoms with Gasteiger partial charge in [0, 0.05) is 62.1 Å².